The van der Waals surface area contributed by atoms with Crippen LogP contribution in [0.3, 0.4) is 0 Å². The number of aryl methyl sites for hydroxylation is 1. The maximum atomic E-state index is 12.4. The Hall–Kier alpha value is -6.14. The first kappa shape index (κ1) is 36.5. The van der Waals surface area contributed by atoms with Crippen LogP contribution in [0.4, 0.5) is 5.82 Å². The second-order valence-electron chi connectivity index (χ2n) is 16.0. The Kier molecular flexibility index (Phi) is 9.23. The average Bonchev–Trinajstić information content (AvgIpc) is 3.79. The number of phenols is 2. The fourth-order valence-electron chi connectivity index (χ4n) is 10.3. The van der Waals surface area contributed by atoms with Crippen LogP contribution in [0.1, 0.15) is 95.2 Å². The van der Waals surface area contributed by atoms with Gasteiger partial charge in [-0.15, -0.1) is 0 Å². The number of anilines is 1. The van der Waals surface area contributed by atoms with E-state index >= 15 is 0 Å². The van der Waals surface area contributed by atoms with Crippen LogP contribution < -0.4 is 19.9 Å². The number of carbonyl (C=O) groups excluding carboxylic acids is 1. The molecular weight excluding hydrogens is 717 g/mol. The van der Waals surface area contributed by atoms with Crippen molar-refractivity contribution in [1.29, 1.82) is 0 Å². The summed E-state index contributed by atoms with van der Waals surface area (Å²) in [5, 5.41) is 22.1. The molecule has 4 bridgehead atoms. The van der Waals surface area contributed by atoms with Crippen molar-refractivity contribution in [2.45, 2.75) is 75.2 Å². The lowest BCUT2D eigenvalue weighted by Gasteiger charge is -2.39. The third kappa shape index (κ3) is 6.37. The molecule has 0 radical (unpaired) electrons. The van der Waals surface area contributed by atoms with E-state index in [-0.39, 0.29) is 53.7 Å². The van der Waals surface area contributed by atoms with Crippen LogP contribution in [0.15, 0.2) is 78.9 Å². The summed E-state index contributed by atoms with van der Waals surface area (Å²) in [5.74, 6) is 8.75. The van der Waals surface area contributed by atoms with Crippen LogP contribution >= 0.6 is 0 Å². The maximum absolute atomic E-state index is 12.4. The standard InChI is InChI=1S/C48H46N2O7/c1-27(51)56-26-38-35-14-15-36-44-31(20-32(52)22-42(44)55-3)25-48-19-18-30(24-48)33(13-12-28-8-5-4-6-9-28)34-16-17-43(49)50-39(34)11-7-10-29-21-40(53)41(54-2)23-37(29)46(38)57-47(35)45(36)48/h4-6,8-9,14-17,20-23,30,33,38,46,52-53H,10,12-13,18-19,24-26H2,1-3H3,(H2,49,50). The van der Waals surface area contributed by atoms with Gasteiger partial charge in [-0.1, -0.05) is 54.5 Å². The molecule has 1 saturated carbocycles. The molecule has 2 aliphatic carbocycles. The van der Waals surface area contributed by atoms with Crippen molar-refractivity contribution in [2.24, 2.45) is 5.92 Å². The minimum atomic E-state index is -0.584. The fourth-order valence-corrected chi connectivity index (χ4v) is 10.3. The number of methoxy groups -OCH3 is 2. The van der Waals surface area contributed by atoms with E-state index in [1.165, 1.54) is 19.6 Å². The molecule has 0 amide bonds. The molecule has 0 saturated heterocycles. The summed E-state index contributed by atoms with van der Waals surface area (Å²) >= 11 is 0. The van der Waals surface area contributed by atoms with Crippen molar-refractivity contribution in [3.8, 4) is 51.7 Å². The molecule has 1 fully saturated rings. The van der Waals surface area contributed by atoms with Crippen molar-refractivity contribution in [1.82, 2.24) is 4.98 Å². The van der Waals surface area contributed by atoms with Gasteiger partial charge in [-0.25, -0.2) is 4.98 Å². The van der Waals surface area contributed by atoms with Gasteiger partial charge in [0.05, 0.1) is 20.1 Å². The lowest BCUT2D eigenvalue weighted by Crippen LogP contribution is -2.31. The number of carbonyl (C=O) groups is 1. The molecule has 4 N–H and O–H groups in total. The summed E-state index contributed by atoms with van der Waals surface area (Å²) in [5.41, 5.74) is 15.7. The van der Waals surface area contributed by atoms with Gasteiger partial charge in [-0.05, 0) is 108 Å². The van der Waals surface area contributed by atoms with E-state index in [4.69, 9.17) is 29.7 Å². The molecule has 3 heterocycles. The van der Waals surface area contributed by atoms with Crippen LogP contribution in [0.25, 0.3) is 11.1 Å². The van der Waals surface area contributed by atoms with E-state index in [1.807, 2.05) is 24.3 Å². The predicted molar refractivity (Wildman–Crippen MR) is 217 cm³/mol. The Morgan fingerprint density at radius 2 is 1.75 bits per heavy atom. The van der Waals surface area contributed by atoms with E-state index in [0.29, 0.717) is 29.4 Å². The number of hydrogen-bond donors (Lipinski definition) is 3. The minimum absolute atomic E-state index is 0.00708. The zero-order valence-electron chi connectivity index (χ0n) is 32.4. The molecule has 4 aromatic carbocycles. The Labute approximate surface area is 332 Å². The quantitative estimate of drug-likeness (QED) is 0.110. The molecule has 290 valence electrons. The summed E-state index contributed by atoms with van der Waals surface area (Å²) in [7, 11) is 3.16. The summed E-state index contributed by atoms with van der Waals surface area (Å²) < 4.78 is 24.7. The largest absolute Gasteiger partial charge is 0.508 e. The molecule has 5 atom stereocenters. The number of hydrogen-bond acceptors (Lipinski definition) is 9. The fraction of sp³-hybridized carbons (Fsp3) is 0.333. The van der Waals surface area contributed by atoms with Gasteiger partial charge in [-0.3, -0.25) is 4.79 Å². The first-order chi connectivity index (χ1) is 27.7. The first-order valence-corrected chi connectivity index (χ1v) is 19.7. The zero-order chi connectivity index (χ0) is 39.4. The second kappa shape index (κ2) is 14.4. The van der Waals surface area contributed by atoms with E-state index < -0.39 is 6.10 Å². The smallest absolute Gasteiger partial charge is 0.302 e. The Morgan fingerprint density at radius 3 is 2.54 bits per heavy atom. The van der Waals surface area contributed by atoms with Crippen molar-refractivity contribution < 1.29 is 34.0 Å². The summed E-state index contributed by atoms with van der Waals surface area (Å²) in [6, 6.07) is 25.9. The molecule has 57 heavy (non-hydrogen) atoms. The van der Waals surface area contributed by atoms with Crippen LogP contribution in [-0.2, 0) is 34.2 Å². The highest BCUT2D eigenvalue weighted by Gasteiger charge is 2.52. The van der Waals surface area contributed by atoms with Crippen LogP contribution in [0, 0.1) is 17.8 Å². The lowest BCUT2D eigenvalue weighted by molar-refractivity contribution is -0.141. The van der Waals surface area contributed by atoms with Gasteiger partial charge >= 0.3 is 5.97 Å². The maximum Gasteiger partial charge on any atom is 0.302 e. The number of ether oxygens (including phenoxy) is 4. The van der Waals surface area contributed by atoms with E-state index in [0.717, 1.165) is 82.4 Å². The predicted octanol–water partition coefficient (Wildman–Crippen LogP) is 8.46. The van der Waals surface area contributed by atoms with E-state index in [1.54, 1.807) is 19.2 Å². The van der Waals surface area contributed by atoms with Crippen molar-refractivity contribution in [2.75, 3.05) is 26.6 Å². The average molecular weight is 763 g/mol. The van der Waals surface area contributed by atoms with E-state index in [9.17, 15) is 15.0 Å². The Morgan fingerprint density at radius 1 is 0.947 bits per heavy atom. The zero-order valence-corrected chi connectivity index (χ0v) is 32.4. The van der Waals surface area contributed by atoms with Crippen LogP contribution in [0.5, 0.6) is 28.7 Å². The normalized spacial score (nSPS) is 22.3. The highest BCUT2D eigenvalue weighted by Crippen LogP contribution is 2.63. The minimum Gasteiger partial charge on any atom is -0.508 e. The number of benzene rings is 4. The van der Waals surface area contributed by atoms with Gasteiger partial charge in [0.15, 0.2) is 11.5 Å². The molecule has 9 heteroatoms. The SMILES string of the molecule is COc1cc2c(cc1O)CC#Cc1nc(N)ccc1C(CCc1ccccc1)C1CCC3(Cc4cc(O)cc(OC)c4-c4ccc5c(c43)OC2C5COC(C)=O)C1. The topological polar surface area (TPSA) is 133 Å². The monoisotopic (exact) mass is 762 g/mol. The van der Waals surface area contributed by atoms with Crippen molar-refractivity contribution in [3.05, 3.63) is 124 Å². The van der Waals surface area contributed by atoms with Crippen molar-refractivity contribution >= 4 is 11.8 Å². The molecule has 9 nitrogen and oxygen atoms in total. The number of esters is 1. The van der Waals surface area contributed by atoms with Gasteiger partial charge in [0.1, 0.15) is 41.5 Å². The number of rotatable bonds is 7. The molecule has 2 aliphatic heterocycles. The van der Waals surface area contributed by atoms with Gasteiger partial charge in [-0.2, -0.15) is 0 Å². The van der Waals surface area contributed by atoms with Gasteiger partial charge in [0, 0.05) is 47.1 Å². The van der Waals surface area contributed by atoms with Gasteiger partial charge < -0.3 is 34.9 Å². The molecular formula is C48H46N2O7. The van der Waals surface area contributed by atoms with Gasteiger partial charge in [0.25, 0.3) is 0 Å². The molecule has 4 aliphatic rings. The van der Waals surface area contributed by atoms with Crippen molar-refractivity contribution in [3.63, 3.8) is 0 Å². The number of aromatic hydroxyl groups is 2. The lowest BCUT2D eigenvalue weighted by atomic mass is 9.64. The number of phenolic OH excluding ortho intramolecular Hbond substituents is 2. The number of nitrogens with two attached hydrogens (primary N) is 1. The highest BCUT2D eigenvalue weighted by molar-refractivity contribution is 5.84. The number of aromatic nitrogens is 1. The van der Waals surface area contributed by atoms with Crippen LogP contribution in [0.2, 0.25) is 0 Å². The number of nitrogen functional groups attached to an aromatic ring is 1. The number of fused-ring (bicyclic) bond motifs is 7. The highest BCUT2D eigenvalue weighted by atomic mass is 16.5. The first-order valence-electron chi connectivity index (χ1n) is 19.7. The Balaban J connectivity index is 1.30. The van der Waals surface area contributed by atoms with Gasteiger partial charge in [0.2, 0.25) is 0 Å². The molecule has 5 aromatic rings. The summed E-state index contributed by atoms with van der Waals surface area (Å²) in [6.07, 6.45) is 4.90. The summed E-state index contributed by atoms with van der Waals surface area (Å²) in [4.78, 5) is 17.2. The third-order valence-corrected chi connectivity index (χ3v) is 12.8. The number of pyridine rings is 1. The molecule has 1 spiro atoms. The molecule has 9 rings (SSSR count). The number of nitrogens with zero attached hydrogens (tertiary/aromatic N) is 1. The second-order valence-corrected chi connectivity index (χ2v) is 16.0. The van der Waals surface area contributed by atoms with Crippen LogP contribution in [-0.4, -0.2) is 42.0 Å². The molecule has 5 unspecified atom stereocenters. The molecule has 1 aromatic heterocycles. The van der Waals surface area contributed by atoms with E-state index in [2.05, 4.69) is 54.3 Å². The Bertz CT molecular complexity index is 2470. The third-order valence-electron chi connectivity index (χ3n) is 12.8. The summed E-state index contributed by atoms with van der Waals surface area (Å²) in [6.45, 7) is 1.52.